The standard InChI is InChI=1S/C7H6O2/c1-3-5-6-7(8)9-4-2/h1H,4H2,2H3. The molecule has 0 spiro atoms. The van der Waals surface area contributed by atoms with E-state index in [0.29, 0.717) is 6.61 Å². The monoisotopic (exact) mass is 122 g/mol. The first-order valence-electron chi connectivity index (χ1n) is 2.44. The lowest BCUT2D eigenvalue weighted by Gasteiger charge is -1.88. The number of ether oxygens (including phenoxy) is 1. The summed E-state index contributed by atoms with van der Waals surface area (Å²) in [5.74, 6) is 5.64. The summed E-state index contributed by atoms with van der Waals surface area (Å²) in [7, 11) is 0. The van der Waals surface area contributed by atoms with Crippen LogP contribution in [0.15, 0.2) is 0 Å². The number of terminal acetylenes is 1. The third kappa shape index (κ3) is 4.44. The van der Waals surface area contributed by atoms with Gasteiger partial charge >= 0.3 is 5.97 Å². The topological polar surface area (TPSA) is 26.3 Å². The first kappa shape index (κ1) is 7.59. The van der Waals surface area contributed by atoms with Gasteiger partial charge in [0, 0.05) is 5.92 Å². The molecule has 0 N–H and O–H groups in total. The van der Waals surface area contributed by atoms with Crippen molar-refractivity contribution in [3.05, 3.63) is 0 Å². The first-order chi connectivity index (χ1) is 4.31. The van der Waals surface area contributed by atoms with Gasteiger partial charge < -0.3 is 4.74 Å². The zero-order valence-electron chi connectivity index (χ0n) is 5.10. The molecule has 9 heavy (non-hydrogen) atoms. The summed E-state index contributed by atoms with van der Waals surface area (Å²) >= 11 is 0. The normalized spacial score (nSPS) is 6.22. The van der Waals surface area contributed by atoms with Crippen LogP contribution >= 0.6 is 0 Å². The smallest absolute Gasteiger partial charge is 0.385 e. The molecule has 0 fully saturated rings. The van der Waals surface area contributed by atoms with Gasteiger partial charge in [0.1, 0.15) is 0 Å². The predicted molar refractivity (Wildman–Crippen MR) is 33.2 cm³/mol. The lowest BCUT2D eigenvalue weighted by atomic mass is 10.6. The molecule has 0 amide bonds. The zero-order chi connectivity index (χ0) is 7.11. The van der Waals surface area contributed by atoms with Crippen molar-refractivity contribution < 1.29 is 9.53 Å². The highest BCUT2D eigenvalue weighted by atomic mass is 16.5. The van der Waals surface area contributed by atoms with Crippen molar-refractivity contribution in [3.8, 4) is 24.2 Å². The van der Waals surface area contributed by atoms with Gasteiger partial charge in [-0.1, -0.05) is 0 Å². The molecular formula is C7H6O2. The number of rotatable bonds is 1. The Morgan fingerprint density at radius 3 is 2.89 bits per heavy atom. The Morgan fingerprint density at radius 2 is 2.44 bits per heavy atom. The second-order valence-electron chi connectivity index (χ2n) is 1.11. The van der Waals surface area contributed by atoms with Crippen LogP contribution in [0.2, 0.25) is 0 Å². The highest BCUT2D eigenvalue weighted by Gasteiger charge is 1.89. The van der Waals surface area contributed by atoms with Crippen LogP contribution in [0, 0.1) is 24.2 Å². The first-order valence-corrected chi connectivity index (χ1v) is 2.44. The van der Waals surface area contributed by atoms with Gasteiger partial charge in [-0.15, -0.1) is 6.42 Å². The Labute approximate surface area is 54.2 Å². The Morgan fingerprint density at radius 1 is 1.78 bits per heavy atom. The Bertz CT molecular complexity index is 187. The van der Waals surface area contributed by atoms with Crippen molar-refractivity contribution in [1.29, 1.82) is 0 Å². The molecule has 0 aromatic carbocycles. The van der Waals surface area contributed by atoms with E-state index in [0.717, 1.165) is 0 Å². The van der Waals surface area contributed by atoms with E-state index in [2.05, 4.69) is 16.6 Å². The van der Waals surface area contributed by atoms with Crippen molar-refractivity contribution in [2.75, 3.05) is 6.61 Å². The van der Waals surface area contributed by atoms with Gasteiger partial charge in [-0.25, -0.2) is 4.79 Å². The van der Waals surface area contributed by atoms with E-state index >= 15 is 0 Å². The maximum absolute atomic E-state index is 10.3. The van der Waals surface area contributed by atoms with Crippen LogP contribution in [0.3, 0.4) is 0 Å². The van der Waals surface area contributed by atoms with Crippen LogP contribution in [-0.4, -0.2) is 12.6 Å². The molecule has 0 saturated heterocycles. The van der Waals surface area contributed by atoms with Crippen LogP contribution in [0.25, 0.3) is 0 Å². The molecule has 0 rings (SSSR count). The molecule has 0 aliphatic heterocycles. The molecule has 2 heteroatoms. The lowest BCUT2D eigenvalue weighted by Crippen LogP contribution is -1.98. The largest absolute Gasteiger partial charge is 0.456 e. The number of carbonyl (C=O) groups excluding carboxylic acids is 1. The average Bonchev–Trinajstić information content (AvgIpc) is 1.85. The van der Waals surface area contributed by atoms with Gasteiger partial charge in [-0.2, -0.15) is 0 Å². The van der Waals surface area contributed by atoms with Gasteiger partial charge in [-0.3, -0.25) is 0 Å². The van der Waals surface area contributed by atoms with Crippen LogP contribution in [0.4, 0.5) is 0 Å². The minimum atomic E-state index is -0.574. The number of esters is 1. The van der Waals surface area contributed by atoms with E-state index in [-0.39, 0.29) is 0 Å². The van der Waals surface area contributed by atoms with E-state index in [1.54, 1.807) is 6.92 Å². The van der Waals surface area contributed by atoms with E-state index in [1.807, 2.05) is 5.92 Å². The Hall–Kier alpha value is -1.41. The second-order valence-corrected chi connectivity index (χ2v) is 1.11. The molecule has 0 aromatic heterocycles. The third-order valence-corrected chi connectivity index (χ3v) is 0.512. The van der Waals surface area contributed by atoms with Crippen LogP contribution < -0.4 is 0 Å². The molecule has 0 radical (unpaired) electrons. The highest BCUT2D eigenvalue weighted by molar-refractivity contribution is 5.88. The van der Waals surface area contributed by atoms with Crippen LogP contribution in [0.1, 0.15) is 6.92 Å². The molecule has 0 aliphatic rings. The third-order valence-electron chi connectivity index (χ3n) is 0.512. The summed E-state index contributed by atoms with van der Waals surface area (Å²) in [5, 5.41) is 0. The molecule has 0 unspecified atom stereocenters. The summed E-state index contributed by atoms with van der Waals surface area (Å²) < 4.78 is 4.44. The molecule has 0 heterocycles. The number of hydrogen-bond donors (Lipinski definition) is 0. The summed E-state index contributed by atoms with van der Waals surface area (Å²) in [4.78, 5) is 10.3. The van der Waals surface area contributed by atoms with Crippen LogP contribution in [-0.2, 0) is 9.53 Å². The average molecular weight is 122 g/mol. The summed E-state index contributed by atoms with van der Waals surface area (Å²) in [6.07, 6.45) is 4.74. The molecule has 0 aliphatic carbocycles. The Balaban J connectivity index is 3.66. The summed E-state index contributed by atoms with van der Waals surface area (Å²) in [5.41, 5.74) is 0. The SMILES string of the molecule is C#CC#CC(=O)OCC. The van der Waals surface area contributed by atoms with Crippen molar-refractivity contribution in [2.45, 2.75) is 6.92 Å². The number of carbonyl (C=O) groups is 1. The molecule has 0 bridgehead atoms. The minimum Gasteiger partial charge on any atom is -0.456 e. The predicted octanol–water partition coefficient (Wildman–Crippen LogP) is 0.186. The quantitative estimate of drug-likeness (QED) is 0.282. The van der Waals surface area contributed by atoms with E-state index < -0.39 is 5.97 Å². The van der Waals surface area contributed by atoms with Crippen molar-refractivity contribution >= 4 is 5.97 Å². The fourth-order valence-corrected chi connectivity index (χ4v) is 0.254. The fraction of sp³-hybridized carbons (Fsp3) is 0.286. The second kappa shape index (κ2) is 4.74. The molecule has 2 nitrogen and oxygen atoms in total. The van der Waals surface area contributed by atoms with E-state index in [4.69, 9.17) is 6.42 Å². The summed E-state index contributed by atoms with van der Waals surface area (Å²) in [6, 6.07) is 0. The zero-order valence-corrected chi connectivity index (χ0v) is 5.10. The minimum absolute atomic E-state index is 0.331. The van der Waals surface area contributed by atoms with Gasteiger partial charge in [0.15, 0.2) is 0 Å². The maximum Gasteiger partial charge on any atom is 0.385 e. The van der Waals surface area contributed by atoms with Gasteiger partial charge in [0.2, 0.25) is 0 Å². The van der Waals surface area contributed by atoms with Crippen molar-refractivity contribution in [2.24, 2.45) is 0 Å². The molecule has 46 valence electrons. The van der Waals surface area contributed by atoms with Crippen molar-refractivity contribution in [3.63, 3.8) is 0 Å². The van der Waals surface area contributed by atoms with E-state index in [9.17, 15) is 4.79 Å². The van der Waals surface area contributed by atoms with Crippen LogP contribution in [0.5, 0.6) is 0 Å². The lowest BCUT2D eigenvalue weighted by molar-refractivity contribution is -0.136. The van der Waals surface area contributed by atoms with Gasteiger partial charge in [-0.05, 0) is 18.8 Å². The fourth-order valence-electron chi connectivity index (χ4n) is 0.254. The van der Waals surface area contributed by atoms with Gasteiger partial charge in [0.05, 0.1) is 6.61 Å². The maximum atomic E-state index is 10.3. The van der Waals surface area contributed by atoms with E-state index in [1.165, 1.54) is 0 Å². The molecule has 0 aromatic rings. The Kier molecular flexibility index (Phi) is 4.00. The van der Waals surface area contributed by atoms with Gasteiger partial charge in [0.25, 0.3) is 0 Å². The van der Waals surface area contributed by atoms with Crippen molar-refractivity contribution in [1.82, 2.24) is 0 Å². The molecule has 0 saturated carbocycles. The highest BCUT2D eigenvalue weighted by Crippen LogP contribution is 1.72. The molecular weight excluding hydrogens is 116 g/mol. The molecule has 0 atom stereocenters. The summed E-state index contributed by atoms with van der Waals surface area (Å²) in [6.45, 7) is 2.04. The number of hydrogen-bond acceptors (Lipinski definition) is 2.